The monoisotopic (exact) mass is 240 g/mol. The van der Waals surface area contributed by atoms with Crippen molar-refractivity contribution in [2.24, 2.45) is 10.7 Å². The number of hydrogen-bond acceptors (Lipinski definition) is 4. The van der Waals surface area contributed by atoms with Gasteiger partial charge in [-0.05, 0) is 0 Å². The van der Waals surface area contributed by atoms with E-state index in [1.807, 2.05) is 0 Å². The van der Waals surface area contributed by atoms with Crippen LogP contribution in [0.25, 0.3) is 0 Å². The normalized spacial score (nSPS) is 40.6. The van der Waals surface area contributed by atoms with Crippen LogP contribution in [0.15, 0.2) is 17.3 Å². The Labute approximate surface area is 97.3 Å². The van der Waals surface area contributed by atoms with E-state index in [1.165, 1.54) is 11.1 Å². The maximum Gasteiger partial charge on any atom is 0.351 e. The summed E-state index contributed by atoms with van der Waals surface area (Å²) >= 11 is 0. The molecule has 7 heteroatoms. The number of aliphatic imine (C=N–C) groups is 1. The van der Waals surface area contributed by atoms with Gasteiger partial charge in [0.1, 0.15) is 17.7 Å². The number of hydrogen-bond donors (Lipinski definition) is 2. The third kappa shape index (κ3) is 1.81. The third-order valence-electron chi connectivity index (χ3n) is 3.08. The van der Waals surface area contributed by atoms with Crippen LogP contribution in [0.4, 0.5) is 9.18 Å². The molecule has 3 aliphatic heterocycles. The molecule has 3 atom stereocenters. The molecule has 3 rings (SSSR count). The third-order valence-corrected chi connectivity index (χ3v) is 3.08. The number of urea groups is 1. The second kappa shape index (κ2) is 3.51. The summed E-state index contributed by atoms with van der Waals surface area (Å²) in [6, 6.07) is -0.582. The molecular weight excluding hydrogens is 227 g/mol. The van der Waals surface area contributed by atoms with Crippen molar-refractivity contribution in [2.75, 3.05) is 6.54 Å². The lowest BCUT2D eigenvalue weighted by atomic mass is 10.2. The molecule has 0 aromatic rings. The van der Waals surface area contributed by atoms with Crippen molar-refractivity contribution in [3.63, 3.8) is 0 Å². The molecule has 2 fully saturated rings. The molecule has 2 saturated heterocycles. The topological polar surface area (TPSA) is 89.9 Å². The first-order chi connectivity index (χ1) is 8.10. The van der Waals surface area contributed by atoms with Crippen LogP contribution in [0.5, 0.6) is 0 Å². The summed E-state index contributed by atoms with van der Waals surface area (Å²) in [7, 11) is 0. The zero-order valence-corrected chi connectivity index (χ0v) is 9.10. The van der Waals surface area contributed by atoms with Crippen LogP contribution in [0.1, 0.15) is 12.8 Å². The van der Waals surface area contributed by atoms with Crippen molar-refractivity contribution in [1.29, 1.82) is 0 Å². The molecule has 6 nitrogen and oxygen atoms in total. The number of nitrogens with two attached hydrogens (primary N) is 1. The molecular formula is C10H13FN4O2. The van der Waals surface area contributed by atoms with Crippen LogP contribution >= 0.6 is 0 Å². The van der Waals surface area contributed by atoms with Crippen LogP contribution in [0.3, 0.4) is 0 Å². The summed E-state index contributed by atoms with van der Waals surface area (Å²) in [5.74, 6) is 0.224. The maximum absolute atomic E-state index is 13.8. The molecule has 3 unspecified atom stereocenters. The van der Waals surface area contributed by atoms with Crippen LogP contribution < -0.4 is 11.1 Å². The highest BCUT2D eigenvalue weighted by atomic mass is 19.1. The highest BCUT2D eigenvalue weighted by Crippen LogP contribution is 2.38. The molecule has 3 aliphatic rings. The van der Waals surface area contributed by atoms with E-state index >= 15 is 0 Å². The number of ether oxygens (including phenoxy) is 1. The smallest absolute Gasteiger partial charge is 0.351 e. The molecule has 17 heavy (non-hydrogen) atoms. The summed E-state index contributed by atoms with van der Waals surface area (Å²) < 4.78 is 19.4. The molecule has 92 valence electrons. The van der Waals surface area contributed by atoms with Crippen LogP contribution in [0, 0.1) is 0 Å². The zero-order chi connectivity index (χ0) is 12.0. The van der Waals surface area contributed by atoms with Gasteiger partial charge in [0.15, 0.2) is 6.23 Å². The molecule has 0 aromatic heterocycles. The number of carbonyl (C=O) groups is 1. The fourth-order valence-electron chi connectivity index (χ4n) is 2.10. The van der Waals surface area contributed by atoms with Crippen molar-refractivity contribution in [3.05, 3.63) is 12.3 Å². The zero-order valence-electron chi connectivity index (χ0n) is 9.10. The van der Waals surface area contributed by atoms with Gasteiger partial charge in [0.2, 0.25) is 0 Å². The van der Waals surface area contributed by atoms with Crippen LogP contribution in [-0.4, -0.2) is 41.4 Å². The van der Waals surface area contributed by atoms with Gasteiger partial charge < -0.3 is 10.5 Å². The number of amides is 2. The van der Waals surface area contributed by atoms with E-state index in [4.69, 9.17) is 10.5 Å². The largest absolute Gasteiger partial charge is 0.387 e. The Hall–Kier alpha value is -1.47. The lowest BCUT2D eigenvalue weighted by molar-refractivity contribution is -0.0468. The molecule has 0 aromatic carbocycles. The Balaban J connectivity index is 1.82. The minimum absolute atomic E-state index is 0.224. The van der Waals surface area contributed by atoms with E-state index in [1.54, 1.807) is 6.08 Å². The van der Waals surface area contributed by atoms with Gasteiger partial charge in [-0.15, -0.1) is 0 Å². The highest BCUT2D eigenvalue weighted by molar-refractivity contribution is 5.94. The number of amidine groups is 1. The molecule has 3 heterocycles. The van der Waals surface area contributed by atoms with Crippen molar-refractivity contribution in [2.45, 2.75) is 31.0 Å². The average molecular weight is 240 g/mol. The van der Waals surface area contributed by atoms with E-state index in [0.29, 0.717) is 13.0 Å². The van der Waals surface area contributed by atoms with Gasteiger partial charge in [-0.2, -0.15) is 4.99 Å². The molecule has 0 saturated carbocycles. The summed E-state index contributed by atoms with van der Waals surface area (Å²) in [4.78, 5) is 16.6. The highest BCUT2D eigenvalue weighted by Gasteiger charge is 2.57. The molecule has 3 N–H and O–H groups in total. The Morgan fingerprint density at radius 2 is 2.47 bits per heavy atom. The summed E-state index contributed by atoms with van der Waals surface area (Å²) in [5.41, 5.74) is 4.92. The van der Waals surface area contributed by atoms with E-state index in [9.17, 15) is 9.18 Å². The molecule has 0 bridgehead atoms. The fourth-order valence-corrected chi connectivity index (χ4v) is 2.10. The first-order valence-electron chi connectivity index (χ1n) is 5.49. The van der Waals surface area contributed by atoms with Gasteiger partial charge in [-0.25, -0.2) is 9.18 Å². The summed E-state index contributed by atoms with van der Waals surface area (Å²) in [5, 5.41) is 2.96. The second-order valence-corrected chi connectivity index (χ2v) is 4.46. The van der Waals surface area contributed by atoms with Crippen molar-refractivity contribution >= 4 is 11.9 Å². The van der Waals surface area contributed by atoms with Crippen LogP contribution in [0.2, 0.25) is 0 Å². The summed E-state index contributed by atoms with van der Waals surface area (Å²) in [6.07, 6.45) is 1.68. The first kappa shape index (κ1) is 10.7. The van der Waals surface area contributed by atoms with Gasteiger partial charge >= 0.3 is 6.03 Å². The van der Waals surface area contributed by atoms with Gasteiger partial charge in [0, 0.05) is 25.6 Å². The Kier molecular flexibility index (Phi) is 2.20. The number of nitrogens with zero attached hydrogens (tertiary/aromatic N) is 2. The van der Waals surface area contributed by atoms with E-state index in [0.717, 1.165) is 0 Å². The van der Waals surface area contributed by atoms with E-state index < -0.39 is 24.2 Å². The van der Waals surface area contributed by atoms with Gasteiger partial charge in [0.05, 0.1) is 0 Å². The lowest BCUT2D eigenvalue weighted by Gasteiger charge is -2.23. The second-order valence-electron chi connectivity index (χ2n) is 4.46. The fraction of sp³-hybridized carbons (Fsp3) is 0.600. The Morgan fingerprint density at radius 1 is 1.71 bits per heavy atom. The summed E-state index contributed by atoms with van der Waals surface area (Å²) in [6.45, 7) is 0.626. The maximum atomic E-state index is 13.8. The van der Waals surface area contributed by atoms with E-state index in [2.05, 4.69) is 10.3 Å². The molecule has 2 amide bonds. The predicted octanol–water partition coefficient (Wildman–Crippen LogP) is 0.0670. The van der Waals surface area contributed by atoms with E-state index in [-0.39, 0.29) is 12.3 Å². The SMILES string of the molecule is NC1=NC(=O)N(C2OC3(CN3)CC2F)C=CC1. The Bertz CT molecular complexity index is 419. The van der Waals surface area contributed by atoms with Crippen molar-refractivity contribution in [3.8, 4) is 0 Å². The lowest BCUT2D eigenvalue weighted by Crippen LogP contribution is -2.39. The Morgan fingerprint density at radius 3 is 3.12 bits per heavy atom. The molecule has 1 spiro atoms. The average Bonchev–Trinajstić information content (AvgIpc) is 2.94. The number of halogens is 1. The minimum Gasteiger partial charge on any atom is -0.387 e. The number of nitrogens with one attached hydrogen (secondary N) is 1. The van der Waals surface area contributed by atoms with Gasteiger partial charge in [-0.1, -0.05) is 6.08 Å². The quantitative estimate of drug-likeness (QED) is 0.634. The standard InChI is InChI=1S/C10H13FN4O2/c11-6-4-10(5-13-10)17-8(6)15-3-1-2-7(12)14-9(15)16/h1,3,6,8,13H,2,4-5H2,(H2,12,14,16). The van der Waals surface area contributed by atoms with Crippen LogP contribution in [-0.2, 0) is 4.74 Å². The predicted molar refractivity (Wildman–Crippen MR) is 57.7 cm³/mol. The molecule has 0 radical (unpaired) electrons. The number of alkyl halides is 1. The first-order valence-corrected chi connectivity index (χ1v) is 5.49. The molecule has 0 aliphatic carbocycles. The number of carbonyl (C=O) groups excluding carboxylic acids is 1. The van der Waals surface area contributed by atoms with Crippen molar-refractivity contribution in [1.82, 2.24) is 10.2 Å². The van der Waals surface area contributed by atoms with Gasteiger partial charge in [0.25, 0.3) is 0 Å². The van der Waals surface area contributed by atoms with Crippen molar-refractivity contribution < 1.29 is 13.9 Å². The minimum atomic E-state index is -1.21. The van der Waals surface area contributed by atoms with Gasteiger partial charge in [-0.3, -0.25) is 10.2 Å². The number of rotatable bonds is 1.